The van der Waals surface area contributed by atoms with Crippen LogP contribution in [0.4, 0.5) is 0 Å². The van der Waals surface area contributed by atoms with E-state index in [9.17, 15) is 4.79 Å². The van der Waals surface area contributed by atoms with Crippen LogP contribution >= 0.6 is 0 Å². The zero-order valence-corrected chi connectivity index (χ0v) is 12.5. The zero-order chi connectivity index (χ0) is 14.8. The van der Waals surface area contributed by atoms with Crippen LogP contribution in [0.5, 0.6) is 0 Å². The summed E-state index contributed by atoms with van der Waals surface area (Å²) in [6, 6.07) is 0. The van der Waals surface area contributed by atoms with Gasteiger partial charge in [-0.05, 0) is 26.2 Å². The fraction of sp³-hybridized carbons (Fsp3) is 0.688. The lowest BCUT2D eigenvalue weighted by atomic mass is 10.1. The van der Waals surface area contributed by atoms with Crippen LogP contribution in [0, 0.1) is 0 Å². The van der Waals surface area contributed by atoms with E-state index in [0.717, 1.165) is 12.5 Å². The number of hydrogen-bond donors (Lipinski definition) is 2. The number of rotatable bonds is 10. The highest BCUT2D eigenvalue weighted by Gasteiger charge is 1.87. The molecule has 0 unspecified atom stereocenters. The van der Waals surface area contributed by atoms with E-state index in [1.165, 1.54) is 51.0 Å². The first kappa shape index (κ1) is 20.2. The van der Waals surface area contributed by atoms with Crippen molar-refractivity contribution in [2.75, 3.05) is 6.61 Å². The molecular formula is C16H30O3. The summed E-state index contributed by atoms with van der Waals surface area (Å²) >= 11 is 0. The number of aliphatic hydroxyl groups is 1. The molecule has 0 atom stereocenters. The summed E-state index contributed by atoms with van der Waals surface area (Å²) in [6.45, 7) is 4.19. The molecule has 2 N–H and O–H groups in total. The van der Waals surface area contributed by atoms with E-state index in [0.29, 0.717) is 0 Å². The molecule has 0 spiro atoms. The summed E-state index contributed by atoms with van der Waals surface area (Å²) in [7, 11) is 0. The van der Waals surface area contributed by atoms with E-state index in [2.05, 4.69) is 19.1 Å². The van der Waals surface area contributed by atoms with Crippen molar-refractivity contribution in [3.63, 3.8) is 0 Å². The van der Waals surface area contributed by atoms with Crippen LogP contribution in [0.25, 0.3) is 0 Å². The fourth-order valence-corrected chi connectivity index (χ4v) is 1.50. The summed E-state index contributed by atoms with van der Waals surface area (Å²) in [5, 5.41) is 16.3. The Morgan fingerprint density at radius 2 is 1.58 bits per heavy atom. The summed E-state index contributed by atoms with van der Waals surface area (Å²) < 4.78 is 0. The summed E-state index contributed by atoms with van der Waals surface area (Å²) in [6.07, 6.45) is 17.0. The van der Waals surface area contributed by atoms with E-state index in [1.54, 1.807) is 6.92 Å². The highest BCUT2D eigenvalue weighted by Crippen LogP contribution is 2.07. The Morgan fingerprint density at radius 1 is 1.00 bits per heavy atom. The predicted molar refractivity (Wildman–Crippen MR) is 81.3 cm³/mol. The van der Waals surface area contributed by atoms with E-state index in [-0.39, 0.29) is 6.61 Å². The molecule has 3 nitrogen and oxygen atoms in total. The van der Waals surface area contributed by atoms with Crippen molar-refractivity contribution in [1.29, 1.82) is 0 Å². The molecule has 0 saturated carbocycles. The Bertz CT molecular complexity index is 232. The van der Waals surface area contributed by atoms with Crippen LogP contribution in [0.1, 0.15) is 65.2 Å². The molecule has 0 aliphatic carbocycles. The summed E-state index contributed by atoms with van der Waals surface area (Å²) in [5.74, 6) is -0.891. The molecule has 3 heteroatoms. The second-order valence-corrected chi connectivity index (χ2v) is 4.38. The minimum atomic E-state index is -0.891. The summed E-state index contributed by atoms with van der Waals surface area (Å²) in [4.78, 5) is 9.51. The lowest BCUT2D eigenvalue weighted by Gasteiger charge is -1.97. The van der Waals surface area contributed by atoms with E-state index in [4.69, 9.17) is 10.2 Å². The Morgan fingerprint density at radius 3 is 2.05 bits per heavy atom. The molecule has 0 aliphatic rings. The maximum absolute atomic E-state index is 9.51. The Labute approximate surface area is 118 Å². The van der Waals surface area contributed by atoms with Gasteiger partial charge in [-0.3, -0.25) is 0 Å². The van der Waals surface area contributed by atoms with Crippen LogP contribution in [0.3, 0.4) is 0 Å². The Balaban J connectivity index is 0. The molecule has 0 aromatic heterocycles. The molecule has 0 aromatic carbocycles. The second-order valence-electron chi connectivity index (χ2n) is 4.38. The molecular weight excluding hydrogens is 240 g/mol. The van der Waals surface area contributed by atoms with Crippen molar-refractivity contribution in [2.24, 2.45) is 0 Å². The first-order valence-corrected chi connectivity index (χ1v) is 7.30. The molecule has 0 saturated heterocycles. The van der Waals surface area contributed by atoms with Crippen LogP contribution in [-0.4, -0.2) is 22.8 Å². The average Bonchev–Trinajstić information content (AvgIpc) is 2.37. The highest BCUT2D eigenvalue weighted by atomic mass is 16.4. The maximum Gasteiger partial charge on any atom is 0.327 e. The lowest BCUT2D eigenvalue weighted by Crippen LogP contribution is -1.83. The second kappa shape index (κ2) is 19.3. The van der Waals surface area contributed by atoms with E-state index >= 15 is 0 Å². The van der Waals surface area contributed by atoms with Crippen LogP contribution < -0.4 is 0 Å². The van der Waals surface area contributed by atoms with Crippen molar-refractivity contribution in [2.45, 2.75) is 65.2 Å². The topological polar surface area (TPSA) is 57.5 Å². The van der Waals surface area contributed by atoms with Gasteiger partial charge in [0.15, 0.2) is 0 Å². The monoisotopic (exact) mass is 270 g/mol. The number of hydrogen-bond acceptors (Lipinski definition) is 2. The smallest absolute Gasteiger partial charge is 0.327 e. The first-order chi connectivity index (χ1) is 9.18. The number of carbonyl (C=O) groups is 1. The third-order valence-corrected chi connectivity index (χ3v) is 2.50. The molecule has 0 radical (unpaired) electrons. The molecule has 0 rings (SSSR count). The fourth-order valence-electron chi connectivity index (χ4n) is 1.50. The molecule has 0 bridgehead atoms. The third kappa shape index (κ3) is 26.5. The summed E-state index contributed by atoms with van der Waals surface area (Å²) in [5.41, 5.74) is 0. The van der Waals surface area contributed by atoms with Gasteiger partial charge < -0.3 is 10.2 Å². The van der Waals surface area contributed by atoms with Gasteiger partial charge in [0.1, 0.15) is 0 Å². The molecule has 0 aromatic rings. The van der Waals surface area contributed by atoms with Crippen LogP contribution in [-0.2, 0) is 4.79 Å². The van der Waals surface area contributed by atoms with E-state index < -0.39 is 5.97 Å². The minimum Gasteiger partial charge on any atom is -0.478 e. The normalized spacial score (nSPS) is 10.7. The Hall–Kier alpha value is -1.09. The largest absolute Gasteiger partial charge is 0.478 e. The molecule has 19 heavy (non-hydrogen) atoms. The van der Waals surface area contributed by atoms with Gasteiger partial charge in [-0.2, -0.15) is 0 Å². The van der Waals surface area contributed by atoms with Crippen molar-refractivity contribution in [3.05, 3.63) is 24.3 Å². The van der Waals surface area contributed by atoms with Crippen molar-refractivity contribution < 1.29 is 15.0 Å². The maximum atomic E-state index is 9.51. The molecule has 0 amide bonds. The quantitative estimate of drug-likeness (QED) is 0.353. The standard InChI is InChI=1S/C12H24O.C4H6O2/c1-2-3-4-5-6-7-8-9-10-11-12-13;1-2-3-4(5)6/h9-10,13H,2-8,11-12H2,1H3;2-3H,1H3,(H,5,6)/b10-9-;3-2+. The van der Waals surface area contributed by atoms with E-state index in [1.807, 2.05) is 0 Å². The van der Waals surface area contributed by atoms with Gasteiger partial charge in [0.25, 0.3) is 0 Å². The van der Waals surface area contributed by atoms with Crippen LogP contribution in [0.2, 0.25) is 0 Å². The predicted octanol–water partition coefficient (Wildman–Crippen LogP) is 4.32. The first-order valence-electron chi connectivity index (χ1n) is 7.30. The van der Waals surface area contributed by atoms with Crippen LogP contribution in [0.15, 0.2) is 24.3 Å². The number of carboxylic acids is 1. The molecule has 0 aliphatic heterocycles. The molecule has 0 fully saturated rings. The number of aliphatic hydroxyl groups excluding tert-OH is 1. The van der Waals surface area contributed by atoms with Crippen molar-refractivity contribution >= 4 is 5.97 Å². The highest BCUT2D eigenvalue weighted by molar-refractivity contribution is 5.79. The van der Waals surface area contributed by atoms with Crippen molar-refractivity contribution in [3.8, 4) is 0 Å². The number of unbranched alkanes of at least 4 members (excludes halogenated alkanes) is 6. The third-order valence-electron chi connectivity index (χ3n) is 2.50. The van der Waals surface area contributed by atoms with Gasteiger partial charge in [0, 0.05) is 12.7 Å². The zero-order valence-electron chi connectivity index (χ0n) is 12.5. The van der Waals surface area contributed by atoms with Crippen molar-refractivity contribution in [1.82, 2.24) is 0 Å². The van der Waals surface area contributed by atoms with Gasteiger partial charge in [0.05, 0.1) is 0 Å². The number of allylic oxidation sites excluding steroid dienone is 2. The Kier molecular flexibility index (Phi) is 20.5. The molecule has 0 heterocycles. The van der Waals surface area contributed by atoms with Gasteiger partial charge >= 0.3 is 5.97 Å². The molecule has 112 valence electrons. The average molecular weight is 270 g/mol. The number of carboxylic acid groups (broad SMARTS) is 1. The minimum absolute atomic E-state index is 0.285. The lowest BCUT2D eigenvalue weighted by molar-refractivity contribution is -0.131. The SMILES string of the molecule is C/C=C/C(=O)O.CCCCCCCC/C=C\CCO. The van der Waals surface area contributed by atoms with Gasteiger partial charge in [-0.1, -0.05) is 57.3 Å². The van der Waals surface area contributed by atoms with Gasteiger partial charge in [-0.15, -0.1) is 0 Å². The van der Waals surface area contributed by atoms with Gasteiger partial charge in [0.2, 0.25) is 0 Å². The van der Waals surface area contributed by atoms with Gasteiger partial charge in [-0.25, -0.2) is 4.79 Å². The number of aliphatic carboxylic acids is 1.